The van der Waals surface area contributed by atoms with E-state index in [0.717, 1.165) is 32.8 Å². The zero-order valence-electron chi connectivity index (χ0n) is 10.7. The van der Waals surface area contributed by atoms with E-state index >= 15 is 0 Å². The minimum absolute atomic E-state index is 0.428. The molecule has 2 aliphatic heterocycles. The van der Waals surface area contributed by atoms with Crippen LogP contribution in [0, 0.1) is 0 Å². The summed E-state index contributed by atoms with van der Waals surface area (Å²) in [6.07, 6.45) is 0.428. The van der Waals surface area contributed by atoms with Crippen molar-refractivity contribution in [1.29, 1.82) is 0 Å². The van der Waals surface area contributed by atoms with Crippen molar-refractivity contribution in [1.82, 2.24) is 14.7 Å². The Kier molecular flexibility index (Phi) is 4.58. The normalized spacial score (nSPS) is 30.8. The van der Waals surface area contributed by atoms with Crippen LogP contribution in [0.4, 0.5) is 0 Å². The molecule has 0 aliphatic carbocycles. The average Bonchev–Trinajstić information content (AvgIpc) is 2.32. The van der Waals surface area contributed by atoms with E-state index in [9.17, 15) is 0 Å². The van der Waals surface area contributed by atoms with E-state index in [-0.39, 0.29) is 0 Å². The van der Waals surface area contributed by atoms with Crippen LogP contribution >= 0.6 is 0 Å². The molecule has 0 N–H and O–H groups in total. The fraction of sp³-hybridized carbons (Fsp3) is 1.00. The molecule has 4 heteroatoms. The molecule has 0 spiro atoms. The lowest BCUT2D eigenvalue weighted by molar-refractivity contribution is -0.0459. The van der Waals surface area contributed by atoms with Crippen molar-refractivity contribution >= 4 is 0 Å². The Labute approximate surface area is 99.1 Å². The van der Waals surface area contributed by atoms with Gasteiger partial charge in [-0.25, -0.2) is 0 Å². The van der Waals surface area contributed by atoms with Crippen LogP contribution in [0.5, 0.6) is 0 Å². The Bertz CT molecular complexity index is 204. The molecule has 2 aliphatic rings. The number of morpholine rings is 1. The second kappa shape index (κ2) is 5.96. The fourth-order valence-corrected chi connectivity index (χ4v) is 2.50. The van der Waals surface area contributed by atoms with Crippen molar-refractivity contribution in [3.63, 3.8) is 0 Å². The van der Waals surface area contributed by atoms with Crippen molar-refractivity contribution in [3.05, 3.63) is 0 Å². The number of ether oxygens (including phenoxy) is 1. The summed E-state index contributed by atoms with van der Waals surface area (Å²) in [5.74, 6) is 0. The highest BCUT2D eigenvalue weighted by molar-refractivity contribution is 4.77. The first-order valence-corrected chi connectivity index (χ1v) is 6.53. The van der Waals surface area contributed by atoms with Gasteiger partial charge in [0.2, 0.25) is 0 Å². The maximum Gasteiger partial charge on any atom is 0.0829 e. The third-order valence-corrected chi connectivity index (χ3v) is 3.73. The molecule has 0 amide bonds. The molecule has 4 nitrogen and oxygen atoms in total. The lowest BCUT2D eigenvalue weighted by Crippen LogP contribution is -2.51. The highest BCUT2D eigenvalue weighted by atomic mass is 16.5. The number of hydrogen-bond donors (Lipinski definition) is 0. The van der Waals surface area contributed by atoms with E-state index < -0.39 is 0 Å². The van der Waals surface area contributed by atoms with Crippen LogP contribution in [-0.4, -0.2) is 86.8 Å². The topological polar surface area (TPSA) is 19.0 Å². The van der Waals surface area contributed by atoms with Gasteiger partial charge < -0.3 is 9.64 Å². The first-order valence-electron chi connectivity index (χ1n) is 6.53. The fourth-order valence-electron chi connectivity index (χ4n) is 2.50. The van der Waals surface area contributed by atoms with Crippen molar-refractivity contribution in [3.8, 4) is 0 Å². The molecule has 0 aromatic heterocycles. The quantitative estimate of drug-likeness (QED) is 0.673. The van der Waals surface area contributed by atoms with Crippen molar-refractivity contribution in [2.75, 3.05) is 66.0 Å². The zero-order valence-corrected chi connectivity index (χ0v) is 10.7. The number of likely N-dealkylation sites (N-methyl/N-ethyl adjacent to an activating group) is 2. The van der Waals surface area contributed by atoms with E-state index in [1.807, 2.05) is 0 Å². The lowest BCUT2D eigenvalue weighted by atomic mass is 10.2. The summed E-state index contributed by atoms with van der Waals surface area (Å²) in [5, 5.41) is 0. The SMILES string of the molecule is CCN1CCOC(CN2CCN(C)CC2)C1. The maximum absolute atomic E-state index is 5.84. The number of rotatable bonds is 3. The van der Waals surface area contributed by atoms with Gasteiger partial charge in [0.1, 0.15) is 0 Å². The second-order valence-electron chi connectivity index (χ2n) is 4.99. The molecule has 94 valence electrons. The van der Waals surface area contributed by atoms with Gasteiger partial charge in [0.15, 0.2) is 0 Å². The third kappa shape index (κ3) is 3.42. The largest absolute Gasteiger partial charge is 0.374 e. The summed E-state index contributed by atoms with van der Waals surface area (Å²) in [6, 6.07) is 0. The van der Waals surface area contributed by atoms with Gasteiger partial charge in [0.25, 0.3) is 0 Å². The monoisotopic (exact) mass is 227 g/mol. The molecular formula is C12H25N3O. The van der Waals surface area contributed by atoms with Crippen molar-refractivity contribution in [2.24, 2.45) is 0 Å². The van der Waals surface area contributed by atoms with Gasteiger partial charge in [0.05, 0.1) is 12.7 Å². The van der Waals surface area contributed by atoms with E-state index in [4.69, 9.17) is 4.74 Å². The highest BCUT2D eigenvalue weighted by Crippen LogP contribution is 2.08. The standard InChI is InChI=1S/C12H25N3O/c1-3-14-8-9-16-12(10-14)11-15-6-4-13(2)5-7-15/h12H,3-11H2,1-2H3. The van der Waals surface area contributed by atoms with Crippen molar-refractivity contribution in [2.45, 2.75) is 13.0 Å². The minimum atomic E-state index is 0.428. The highest BCUT2D eigenvalue weighted by Gasteiger charge is 2.23. The van der Waals surface area contributed by atoms with Crippen LogP contribution in [0.25, 0.3) is 0 Å². The van der Waals surface area contributed by atoms with Gasteiger partial charge in [-0.05, 0) is 13.6 Å². The molecule has 2 rings (SSSR count). The van der Waals surface area contributed by atoms with Crippen LogP contribution in [0.2, 0.25) is 0 Å². The van der Waals surface area contributed by atoms with E-state index in [2.05, 4.69) is 28.7 Å². The molecule has 0 aromatic rings. The predicted molar refractivity (Wildman–Crippen MR) is 65.8 cm³/mol. The Morgan fingerprint density at radius 2 is 1.81 bits per heavy atom. The summed E-state index contributed by atoms with van der Waals surface area (Å²) in [4.78, 5) is 7.44. The van der Waals surface area contributed by atoms with Crippen molar-refractivity contribution < 1.29 is 4.74 Å². The summed E-state index contributed by atoms with van der Waals surface area (Å²) < 4.78 is 5.84. The minimum Gasteiger partial charge on any atom is -0.374 e. The summed E-state index contributed by atoms with van der Waals surface area (Å²) in [6.45, 7) is 12.4. The van der Waals surface area contributed by atoms with Crippen LogP contribution in [-0.2, 0) is 4.74 Å². The Morgan fingerprint density at radius 1 is 1.06 bits per heavy atom. The van der Waals surface area contributed by atoms with Crippen LogP contribution in [0.15, 0.2) is 0 Å². The molecule has 1 unspecified atom stereocenters. The van der Waals surface area contributed by atoms with E-state index in [1.54, 1.807) is 0 Å². The molecule has 2 heterocycles. The summed E-state index contributed by atoms with van der Waals surface area (Å²) in [7, 11) is 2.20. The molecule has 16 heavy (non-hydrogen) atoms. The van der Waals surface area contributed by atoms with Crippen LogP contribution in [0.3, 0.4) is 0 Å². The first kappa shape index (κ1) is 12.3. The molecule has 0 saturated carbocycles. The Balaban J connectivity index is 1.72. The van der Waals surface area contributed by atoms with Gasteiger partial charge in [-0.1, -0.05) is 6.92 Å². The molecule has 1 atom stereocenters. The first-order chi connectivity index (χ1) is 7.78. The molecule has 0 radical (unpaired) electrons. The lowest BCUT2D eigenvalue weighted by Gasteiger charge is -2.38. The second-order valence-corrected chi connectivity index (χ2v) is 4.99. The van der Waals surface area contributed by atoms with Crippen LogP contribution < -0.4 is 0 Å². The molecule has 0 bridgehead atoms. The number of piperazine rings is 1. The molecule has 2 saturated heterocycles. The maximum atomic E-state index is 5.84. The van der Waals surface area contributed by atoms with Crippen LogP contribution in [0.1, 0.15) is 6.92 Å². The third-order valence-electron chi connectivity index (χ3n) is 3.73. The van der Waals surface area contributed by atoms with Gasteiger partial charge >= 0.3 is 0 Å². The van der Waals surface area contributed by atoms with E-state index in [1.165, 1.54) is 26.2 Å². The zero-order chi connectivity index (χ0) is 11.4. The average molecular weight is 227 g/mol. The van der Waals surface area contributed by atoms with Gasteiger partial charge in [0, 0.05) is 45.8 Å². The summed E-state index contributed by atoms with van der Waals surface area (Å²) >= 11 is 0. The van der Waals surface area contributed by atoms with Gasteiger partial charge in [-0.2, -0.15) is 0 Å². The molecule has 0 aromatic carbocycles. The molecule has 2 fully saturated rings. The predicted octanol–water partition coefficient (Wildman–Crippen LogP) is -0.0455. The Hall–Kier alpha value is -0.160. The van der Waals surface area contributed by atoms with E-state index in [0.29, 0.717) is 6.10 Å². The number of nitrogens with zero attached hydrogens (tertiary/aromatic N) is 3. The smallest absolute Gasteiger partial charge is 0.0829 e. The van der Waals surface area contributed by atoms with Gasteiger partial charge in [-0.15, -0.1) is 0 Å². The Morgan fingerprint density at radius 3 is 2.50 bits per heavy atom. The molecular weight excluding hydrogens is 202 g/mol. The number of hydrogen-bond acceptors (Lipinski definition) is 4. The summed E-state index contributed by atoms with van der Waals surface area (Å²) in [5.41, 5.74) is 0. The van der Waals surface area contributed by atoms with Gasteiger partial charge in [-0.3, -0.25) is 9.80 Å².